The van der Waals surface area contributed by atoms with Crippen LogP contribution in [-0.4, -0.2) is 26.9 Å². The number of anilines is 2. The van der Waals surface area contributed by atoms with Crippen molar-refractivity contribution in [1.82, 2.24) is 0 Å². The zero-order valence-electron chi connectivity index (χ0n) is 16.1. The van der Waals surface area contributed by atoms with Crippen molar-refractivity contribution in [2.24, 2.45) is 0 Å². The Morgan fingerprint density at radius 1 is 1.00 bits per heavy atom. The lowest BCUT2D eigenvalue weighted by Crippen LogP contribution is -2.17. The number of sulfonamides is 1. The molecule has 0 atom stereocenters. The van der Waals surface area contributed by atoms with Gasteiger partial charge in [-0.3, -0.25) is 14.3 Å². The Kier molecular flexibility index (Phi) is 6.86. The van der Waals surface area contributed by atoms with E-state index in [0.29, 0.717) is 12.3 Å². The fourth-order valence-corrected chi connectivity index (χ4v) is 4.54. The van der Waals surface area contributed by atoms with Gasteiger partial charge in [-0.15, -0.1) is 11.3 Å². The van der Waals surface area contributed by atoms with E-state index < -0.39 is 15.9 Å². The van der Waals surface area contributed by atoms with Gasteiger partial charge >= 0.3 is 5.97 Å². The van der Waals surface area contributed by atoms with Gasteiger partial charge in [0.2, 0.25) is 0 Å². The van der Waals surface area contributed by atoms with Crippen LogP contribution in [0.25, 0.3) is 0 Å². The van der Waals surface area contributed by atoms with Crippen LogP contribution in [0, 0.1) is 0 Å². The van der Waals surface area contributed by atoms with Crippen LogP contribution >= 0.6 is 11.3 Å². The van der Waals surface area contributed by atoms with Crippen LogP contribution in [0.1, 0.15) is 22.2 Å². The molecule has 156 valence electrons. The molecule has 30 heavy (non-hydrogen) atoms. The molecule has 2 N–H and O–H groups in total. The predicted molar refractivity (Wildman–Crippen MR) is 116 cm³/mol. The Morgan fingerprint density at radius 2 is 1.70 bits per heavy atom. The molecule has 1 amide bonds. The first-order valence-electron chi connectivity index (χ1n) is 9.10. The number of amides is 1. The minimum absolute atomic E-state index is 0.111. The second-order valence-corrected chi connectivity index (χ2v) is 8.81. The van der Waals surface area contributed by atoms with Crippen LogP contribution in [0.2, 0.25) is 0 Å². The number of carbonyl (C=O) groups excluding carboxylic acids is 2. The number of hydrogen-bond donors (Lipinski definition) is 2. The van der Waals surface area contributed by atoms with E-state index in [-0.39, 0.29) is 27.9 Å². The number of esters is 1. The lowest BCUT2D eigenvalue weighted by atomic mass is 10.1. The number of benzene rings is 2. The molecule has 0 spiro atoms. The van der Waals surface area contributed by atoms with E-state index in [1.165, 1.54) is 12.1 Å². The summed E-state index contributed by atoms with van der Waals surface area (Å²) in [5, 5.41) is 4.38. The highest BCUT2D eigenvalue weighted by atomic mass is 32.2. The smallest absolute Gasteiger partial charge is 0.310 e. The highest BCUT2D eigenvalue weighted by molar-refractivity contribution is 7.92. The molecule has 1 aromatic heterocycles. The minimum atomic E-state index is -3.80. The largest absolute Gasteiger partial charge is 0.466 e. The summed E-state index contributed by atoms with van der Waals surface area (Å²) in [7, 11) is -3.80. The zero-order valence-corrected chi connectivity index (χ0v) is 17.8. The SMILES string of the molecule is CCOC(=O)Cc1ccc(NC(=O)c2sccc2NS(=O)(=O)c2ccccc2)cc1. The molecule has 0 aliphatic rings. The second-order valence-electron chi connectivity index (χ2n) is 6.21. The normalized spacial score (nSPS) is 11.0. The standard InChI is InChI=1S/C21H20N2O5S2/c1-2-28-19(24)14-15-8-10-16(11-9-15)22-21(25)20-18(12-13-29-20)23-30(26,27)17-6-4-3-5-7-17/h3-13,23H,2,14H2,1H3,(H,22,25). The number of hydrogen-bond acceptors (Lipinski definition) is 6. The summed E-state index contributed by atoms with van der Waals surface area (Å²) in [5.41, 5.74) is 1.50. The van der Waals surface area contributed by atoms with Crippen LogP contribution < -0.4 is 10.0 Å². The Morgan fingerprint density at radius 3 is 2.37 bits per heavy atom. The highest BCUT2D eigenvalue weighted by Gasteiger charge is 2.20. The molecule has 0 radical (unpaired) electrons. The molecule has 0 bridgehead atoms. The Balaban J connectivity index is 1.69. The summed E-state index contributed by atoms with van der Waals surface area (Å²) in [5.74, 6) is -0.753. The molecular weight excluding hydrogens is 424 g/mol. The van der Waals surface area contributed by atoms with Crippen LogP contribution in [0.5, 0.6) is 0 Å². The van der Waals surface area contributed by atoms with Crippen molar-refractivity contribution >= 4 is 44.6 Å². The zero-order chi connectivity index (χ0) is 21.6. The van der Waals surface area contributed by atoms with Gasteiger partial charge in [0.05, 0.1) is 23.6 Å². The Bertz CT molecular complexity index is 1120. The number of thiophene rings is 1. The number of nitrogens with one attached hydrogen (secondary N) is 2. The van der Waals surface area contributed by atoms with Gasteiger partial charge in [-0.1, -0.05) is 30.3 Å². The molecule has 3 aromatic rings. The van der Waals surface area contributed by atoms with Crippen LogP contribution in [-0.2, 0) is 26.0 Å². The molecule has 7 nitrogen and oxygen atoms in total. The number of rotatable bonds is 8. The minimum Gasteiger partial charge on any atom is -0.466 e. The quantitative estimate of drug-likeness (QED) is 0.513. The molecule has 1 heterocycles. The maximum absolute atomic E-state index is 12.7. The predicted octanol–water partition coefficient (Wildman–Crippen LogP) is 3.91. The van der Waals surface area contributed by atoms with Gasteiger partial charge < -0.3 is 10.1 Å². The molecule has 0 aliphatic carbocycles. The van der Waals surface area contributed by atoms with E-state index >= 15 is 0 Å². The van der Waals surface area contributed by atoms with Gasteiger partial charge in [-0.05, 0) is 48.2 Å². The summed E-state index contributed by atoms with van der Waals surface area (Å²) in [6.45, 7) is 2.07. The molecule has 0 fully saturated rings. The van der Waals surface area contributed by atoms with Crippen molar-refractivity contribution in [3.05, 3.63) is 76.5 Å². The van der Waals surface area contributed by atoms with Gasteiger partial charge in [0.1, 0.15) is 4.88 Å². The maximum atomic E-state index is 12.7. The average molecular weight is 445 g/mol. The van der Waals surface area contributed by atoms with Crippen LogP contribution in [0.4, 0.5) is 11.4 Å². The lowest BCUT2D eigenvalue weighted by molar-refractivity contribution is -0.142. The van der Waals surface area contributed by atoms with Crippen molar-refractivity contribution in [3.8, 4) is 0 Å². The molecule has 3 rings (SSSR count). The molecule has 0 saturated carbocycles. The van der Waals surface area contributed by atoms with E-state index in [4.69, 9.17) is 4.74 Å². The first-order chi connectivity index (χ1) is 14.4. The molecule has 2 aromatic carbocycles. The third kappa shape index (κ3) is 5.46. The number of carbonyl (C=O) groups is 2. The second kappa shape index (κ2) is 9.55. The van der Waals surface area contributed by atoms with Crippen LogP contribution in [0.3, 0.4) is 0 Å². The summed E-state index contributed by atoms with van der Waals surface area (Å²) in [4.78, 5) is 24.5. The summed E-state index contributed by atoms with van der Waals surface area (Å²) < 4.78 is 32.4. The Hall–Kier alpha value is -3.17. The first-order valence-corrected chi connectivity index (χ1v) is 11.5. The molecule has 0 aliphatic heterocycles. The van der Waals surface area contributed by atoms with E-state index in [1.54, 1.807) is 60.8 Å². The summed E-state index contributed by atoms with van der Waals surface area (Å²) in [6, 6.07) is 16.3. The van der Waals surface area contributed by atoms with E-state index in [0.717, 1.165) is 16.9 Å². The Labute approximate surface area is 178 Å². The first kappa shape index (κ1) is 21.5. The third-order valence-electron chi connectivity index (χ3n) is 4.03. The third-order valence-corrected chi connectivity index (χ3v) is 6.33. The topological polar surface area (TPSA) is 102 Å². The maximum Gasteiger partial charge on any atom is 0.310 e. The van der Waals surface area contributed by atoms with Gasteiger partial charge in [0, 0.05) is 5.69 Å². The fourth-order valence-electron chi connectivity index (χ4n) is 2.64. The van der Waals surface area contributed by atoms with Crippen molar-refractivity contribution in [2.75, 3.05) is 16.6 Å². The van der Waals surface area contributed by atoms with Crippen molar-refractivity contribution in [3.63, 3.8) is 0 Å². The van der Waals surface area contributed by atoms with Gasteiger partial charge in [-0.25, -0.2) is 8.42 Å². The van der Waals surface area contributed by atoms with E-state index in [2.05, 4.69) is 10.0 Å². The van der Waals surface area contributed by atoms with Crippen molar-refractivity contribution < 1.29 is 22.7 Å². The summed E-state index contributed by atoms with van der Waals surface area (Å²) in [6.07, 6.45) is 0.151. The van der Waals surface area contributed by atoms with E-state index in [1.807, 2.05) is 0 Å². The molecule has 0 saturated heterocycles. The fraction of sp³-hybridized carbons (Fsp3) is 0.143. The van der Waals surface area contributed by atoms with Crippen LogP contribution in [0.15, 0.2) is 70.9 Å². The summed E-state index contributed by atoms with van der Waals surface area (Å²) >= 11 is 1.13. The molecular formula is C21H20N2O5S2. The van der Waals surface area contributed by atoms with Gasteiger partial charge in [0.15, 0.2) is 0 Å². The molecule has 9 heteroatoms. The molecule has 0 unspecified atom stereocenters. The van der Waals surface area contributed by atoms with Gasteiger partial charge in [0.25, 0.3) is 15.9 Å². The number of ether oxygens (including phenoxy) is 1. The van der Waals surface area contributed by atoms with Crippen molar-refractivity contribution in [1.29, 1.82) is 0 Å². The lowest BCUT2D eigenvalue weighted by Gasteiger charge is -2.10. The highest BCUT2D eigenvalue weighted by Crippen LogP contribution is 2.26. The monoisotopic (exact) mass is 444 g/mol. The van der Waals surface area contributed by atoms with E-state index in [9.17, 15) is 18.0 Å². The average Bonchev–Trinajstić information content (AvgIpc) is 3.18. The van der Waals surface area contributed by atoms with Crippen molar-refractivity contribution in [2.45, 2.75) is 18.2 Å². The van der Waals surface area contributed by atoms with Gasteiger partial charge in [-0.2, -0.15) is 0 Å².